The van der Waals surface area contributed by atoms with Gasteiger partial charge in [-0.15, -0.1) is 11.6 Å². The predicted octanol–water partition coefficient (Wildman–Crippen LogP) is 1.70. The van der Waals surface area contributed by atoms with Gasteiger partial charge >= 0.3 is 6.03 Å². The van der Waals surface area contributed by atoms with Crippen molar-refractivity contribution in [3.8, 4) is 5.88 Å². The van der Waals surface area contributed by atoms with Crippen molar-refractivity contribution < 1.29 is 9.53 Å². The molecule has 2 amide bonds. The Labute approximate surface area is 123 Å². The quantitative estimate of drug-likeness (QED) is 0.811. The van der Waals surface area contributed by atoms with Crippen molar-refractivity contribution in [3.63, 3.8) is 0 Å². The lowest BCUT2D eigenvalue weighted by Crippen LogP contribution is -2.45. The molecular formula is C13H19ClN4O2. The lowest BCUT2D eigenvalue weighted by Gasteiger charge is -2.29. The van der Waals surface area contributed by atoms with Crippen LogP contribution >= 0.6 is 11.6 Å². The van der Waals surface area contributed by atoms with Crippen LogP contribution in [0.15, 0.2) is 18.6 Å². The minimum atomic E-state index is -0.149. The molecule has 0 unspecified atom stereocenters. The van der Waals surface area contributed by atoms with Gasteiger partial charge in [-0.2, -0.15) is 0 Å². The van der Waals surface area contributed by atoms with E-state index in [4.69, 9.17) is 16.3 Å². The molecule has 1 fully saturated rings. The molecule has 1 saturated carbocycles. The number of hydrogen-bond acceptors (Lipinski definition) is 4. The molecule has 0 spiro atoms. The average Bonchev–Trinajstić information content (AvgIpc) is 2.48. The summed E-state index contributed by atoms with van der Waals surface area (Å²) in [5.74, 6) is 0.982. The number of amides is 2. The van der Waals surface area contributed by atoms with Gasteiger partial charge in [0.05, 0.1) is 6.20 Å². The SMILES string of the molecule is O=C(NCCCl)NC1CCC(Oc2cnccn2)CC1. The summed E-state index contributed by atoms with van der Waals surface area (Å²) < 4.78 is 5.75. The average molecular weight is 299 g/mol. The molecule has 1 aromatic heterocycles. The Morgan fingerprint density at radius 3 is 2.80 bits per heavy atom. The lowest BCUT2D eigenvalue weighted by molar-refractivity contribution is 0.134. The van der Waals surface area contributed by atoms with E-state index in [1.165, 1.54) is 0 Å². The van der Waals surface area contributed by atoms with Crippen molar-refractivity contribution in [2.75, 3.05) is 12.4 Å². The van der Waals surface area contributed by atoms with Crippen molar-refractivity contribution in [2.24, 2.45) is 0 Å². The second kappa shape index (κ2) is 7.89. The fourth-order valence-corrected chi connectivity index (χ4v) is 2.33. The summed E-state index contributed by atoms with van der Waals surface area (Å²) >= 11 is 5.51. The number of aromatic nitrogens is 2. The third-order valence-electron chi connectivity index (χ3n) is 3.22. The number of carbonyl (C=O) groups excluding carboxylic acids is 1. The van der Waals surface area contributed by atoms with Gasteiger partial charge in [-0.3, -0.25) is 4.98 Å². The smallest absolute Gasteiger partial charge is 0.315 e. The first kappa shape index (κ1) is 14.8. The molecule has 0 saturated heterocycles. The molecule has 20 heavy (non-hydrogen) atoms. The number of alkyl halides is 1. The molecule has 6 nitrogen and oxygen atoms in total. The Balaban J connectivity index is 1.68. The fourth-order valence-electron chi connectivity index (χ4n) is 2.24. The zero-order valence-corrected chi connectivity index (χ0v) is 12.0. The molecule has 0 bridgehead atoms. The van der Waals surface area contributed by atoms with Gasteiger partial charge in [-0.25, -0.2) is 9.78 Å². The second-order valence-electron chi connectivity index (χ2n) is 4.72. The molecule has 1 aliphatic carbocycles. The number of urea groups is 1. The Bertz CT molecular complexity index is 410. The molecule has 2 N–H and O–H groups in total. The molecule has 0 aliphatic heterocycles. The molecule has 110 valence electrons. The molecule has 7 heteroatoms. The van der Waals surface area contributed by atoms with Crippen LogP contribution in [0.1, 0.15) is 25.7 Å². The summed E-state index contributed by atoms with van der Waals surface area (Å²) in [6, 6.07) is 0.0518. The van der Waals surface area contributed by atoms with Crippen LogP contribution in [0.4, 0.5) is 4.79 Å². The zero-order chi connectivity index (χ0) is 14.2. The van der Waals surface area contributed by atoms with Crippen LogP contribution in [0.3, 0.4) is 0 Å². The maximum atomic E-state index is 11.5. The predicted molar refractivity (Wildman–Crippen MR) is 76.0 cm³/mol. The molecule has 1 aromatic rings. The van der Waals surface area contributed by atoms with Crippen LogP contribution in [0, 0.1) is 0 Å². The van der Waals surface area contributed by atoms with Crippen LogP contribution < -0.4 is 15.4 Å². The summed E-state index contributed by atoms with van der Waals surface area (Å²) in [6.45, 7) is 0.485. The van der Waals surface area contributed by atoms with E-state index in [2.05, 4.69) is 20.6 Å². The molecule has 1 heterocycles. The molecule has 0 atom stereocenters. The topological polar surface area (TPSA) is 76.1 Å². The summed E-state index contributed by atoms with van der Waals surface area (Å²) in [5, 5.41) is 5.65. The maximum absolute atomic E-state index is 11.5. The van der Waals surface area contributed by atoms with Gasteiger partial charge in [0.25, 0.3) is 0 Å². The highest BCUT2D eigenvalue weighted by Gasteiger charge is 2.23. The van der Waals surface area contributed by atoms with E-state index >= 15 is 0 Å². The normalized spacial score (nSPS) is 22.1. The molecular weight excluding hydrogens is 280 g/mol. The van der Waals surface area contributed by atoms with Gasteiger partial charge in [0.15, 0.2) is 0 Å². The van der Waals surface area contributed by atoms with Crippen molar-refractivity contribution in [3.05, 3.63) is 18.6 Å². The number of halogens is 1. The van der Waals surface area contributed by atoms with E-state index in [1.54, 1.807) is 18.6 Å². The third kappa shape index (κ3) is 4.85. The third-order valence-corrected chi connectivity index (χ3v) is 3.41. The van der Waals surface area contributed by atoms with Gasteiger partial charge in [0.2, 0.25) is 5.88 Å². The van der Waals surface area contributed by atoms with Gasteiger partial charge in [-0.05, 0) is 25.7 Å². The summed E-state index contributed by atoms with van der Waals surface area (Å²) in [7, 11) is 0. The molecule has 1 aliphatic rings. The van der Waals surface area contributed by atoms with Gasteiger partial charge in [-0.1, -0.05) is 0 Å². The summed E-state index contributed by atoms with van der Waals surface area (Å²) in [4.78, 5) is 19.6. The second-order valence-corrected chi connectivity index (χ2v) is 5.10. The van der Waals surface area contributed by atoms with Crippen LogP contribution in [-0.2, 0) is 0 Å². The highest BCUT2D eigenvalue weighted by atomic mass is 35.5. The molecule has 2 rings (SSSR count). The Morgan fingerprint density at radius 1 is 1.35 bits per heavy atom. The van der Waals surface area contributed by atoms with E-state index in [0.717, 1.165) is 25.7 Å². The van der Waals surface area contributed by atoms with E-state index in [9.17, 15) is 4.79 Å². The van der Waals surface area contributed by atoms with Crippen LogP contribution in [0.2, 0.25) is 0 Å². The van der Waals surface area contributed by atoms with Gasteiger partial charge in [0.1, 0.15) is 6.10 Å². The largest absolute Gasteiger partial charge is 0.473 e. The van der Waals surface area contributed by atoms with Crippen molar-refractivity contribution >= 4 is 17.6 Å². The van der Waals surface area contributed by atoms with Gasteiger partial charge < -0.3 is 15.4 Å². The minimum absolute atomic E-state index is 0.149. The Kier molecular flexibility index (Phi) is 5.86. The number of rotatable bonds is 5. The minimum Gasteiger partial charge on any atom is -0.473 e. The van der Waals surface area contributed by atoms with Crippen molar-refractivity contribution in [1.29, 1.82) is 0 Å². The first-order chi connectivity index (χ1) is 9.78. The first-order valence-corrected chi connectivity index (χ1v) is 7.34. The van der Waals surface area contributed by atoms with E-state index in [-0.39, 0.29) is 18.2 Å². The van der Waals surface area contributed by atoms with Crippen LogP contribution in [0.25, 0.3) is 0 Å². The number of ether oxygens (including phenoxy) is 1. The first-order valence-electron chi connectivity index (χ1n) is 6.81. The zero-order valence-electron chi connectivity index (χ0n) is 11.2. The van der Waals surface area contributed by atoms with Crippen LogP contribution in [-0.4, -0.2) is 40.6 Å². The van der Waals surface area contributed by atoms with Gasteiger partial charge in [0, 0.05) is 30.9 Å². The lowest BCUT2D eigenvalue weighted by atomic mass is 9.93. The molecule has 0 aromatic carbocycles. The van der Waals surface area contributed by atoms with E-state index in [0.29, 0.717) is 18.3 Å². The van der Waals surface area contributed by atoms with Crippen molar-refractivity contribution in [2.45, 2.75) is 37.8 Å². The summed E-state index contributed by atoms with van der Waals surface area (Å²) in [6.07, 6.45) is 8.60. The van der Waals surface area contributed by atoms with E-state index < -0.39 is 0 Å². The van der Waals surface area contributed by atoms with Crippen LogP contribution in [0.5, 0.6) is 5.88 Å². The maximum Gasteiger partial charge on any atom is 0.315 e. The number of nitrogens with one attached hydrogen (secondary N) is 2. The summed E-state index contributed by atoms with van der Waals surface area (Å²) in [5.41, 5.74) is 0. The van der Waals surface area contributed by atoms with E-state index in [1.807, 2.05) is 0 Å². The number of hydrogen-bond donors (Lipinski definition) is 2. The highest BCUT2D eigenvalue weighted by Crippen LogP contribution is 2.22. The number of nitrogens with zero attached hydrogens (tertiary/aromatic N) is 2. The highest BCUT2D eigenvalue weighted by molar-refractivity contribution is 6.18. The number of carbonyl (C=O) groups is 1. The Morgan fingerprint density at radius 2 is 2.15 bits per heavy atom. The Hall–Kier alpha value is -1.56. The fraction of sp³-hybridized carbons (Fsp3) is 0.615. The molecule has 0 radical (unpaired) electrons. The standard InChI is InChI=1S/C13H19ClN4O2/c14-5-6-17-13(19)18-10-1-3-11(4-2-10)20-12-9-15-7-8-16-12/h7-11H,1-6H2,(H2,17,18,19). The van der Waals surface area contributed by atoms with Crippen molar-refractivity contribution in [1.82, 2.24) is 20.6 Å². The monoisotopic (exact) mass is 298 g/mol.